The van der Waals surface area contributed by atoms with E-state index in [1.807, 2.05) is 12.1 Å². The molecule has 2 aromatic carbocycles. The number of benzene rings is 2. The van der Waals surface area contributed by atoms with Crippen LogP contribution in [-0.2, 0) is 4.79 Å². The molecule has 1 amide bonds. The van der Waals surface area contributed by atoms with E-state index in [0.29, 0.717) is 23.3 Å². The van der Waals surface area contributed by atoms with Gasteiger partial charge in [0.2, 0.25) is 0 Å². The number of rotatable bonds is 12. The first-order valence-electron chi connectivity index (χ1n) is 14.2. The first kappa shape index (κ1) is 28.4. The molecule has 2 unspecified atom stereocenters. The second kappa shape index (κ2) is 13.0. The van der Waals surface area contributed by atoms with Gasteiger partial charge < -0.3 is 15.2 Å². The van der Waals surface area contributed by atoms with Gasteiger partial charge in [0.25, 0.3) is 5.91 Å². The zero-order valence-corrected chi connectivity index (χ0v) is 23.6. The Morgan fingerprint density at radius 2 is 1.82 bits per heavy atom. The lowest BCUT2D eigenvalue weighted by Crippen LogP contribution is -2.26. The summed E-state index contributed by atoms with van der Waals surface area (Å²) in [6, 6.07) is 13.9. The predicted molar refractivity (Wildman–Crippen MR) is 158 cm³/mol. The number of allylic oxidation sites excluding steroid dienone is 5. The molecule has 2 aliphatic rings. The van der Waals surface area contributed by atoms with Gasteiger partial charge in [-0.05, 0) is 90.0 Å². The van der Waals surface area contributed by atoms with Crippen LogP contribution in [0, 0.1) is 17.8 Å². The van der Waals surface area contributed by atoms with E-state index >= 15 is 0 Å². The van der Waals surface area contributed by atoms with Crippen LogP contribution < -0.4 is 10.1 Å². The number of nitrogens with one attached hydrogen (secondary N) is 1. The van der Waals surface area contributed by atoms with Gasteiger partial charge in [0.15, 0.2) is 0 Å². The van der Waals surface area contributed by atoms with Gasteiger partial charge in [0.1, 0.15) is 11.9 Å². The van der Waals surface area contributed by atoms with E-state index in [0.717, 1.165) is 24.2 Å². The fourth-order valence-corrected chi connectivity index (χ4v) is 4.84. The Kier molecular flexibility index (Phi) is 9.45. The number of aliphatic carboxylic acids is 1. The Balaban J connectivity index is 1.53. The minimum Gasteiger partial charge on any atom is -0.486 e. The molecule has 0 aliphatic heterocycles. The van der Waals surface area contributed by atoms with Crippen molar-refractivity contribution in [2.45, 2.75) is 65.9 Å². The van der Waals surface area contributed by atoms with Crippen molar-refractivity contribution in [3.8, 4) is 5.75 Å². The Morgan fingerprint density at radius 3 is 2.41 bits per heavy atom. The van der Waals surface area contributed by atoms with Gasteiger partial charge in [0.05, 0.1) is 6.42 Å². The lowest BCUT2D eigenvalue weighted by atomic mass is 9.85. The Hall–Kier alpha value is -3.60. The molecule has 5 nitrogen and oxygen atoms in total. The van der Waals surface area contributed by atoms with E-state index in [9.17, 15) is 9.59 Å². The molecule has 0 spiro atoms. The minimum atomic E-state index is -0.935. The van der Waals surface area contributed by atoms with E-state index in [1.165, 1.54) is 35.1 Å². The highest BCUT2D eigenvalue weighted by Crippen LogP contribution is 2.37. The number of carbonyl (C=O) groups is 2. The van der Waals surface area contributed by atoms with Crippen molar-refractivity contribution in [3.63, 3.8) is 0 Å². The predicted octanol–water partition coefficient (Wildman–Crippen LogP) is 7.85. The van der Waals surface area contributed by atoms with Gasteiger partial charge in [-0.15, -0.1) is 0 Å². The zero-order valence-electron chi connectivity index (χ0n) is 23.6. The van der Waals surface area contributed by atoms with Crippen LogP contribution in [0.4, 0.5) is 0 Å². The number of carboxylic acids is 1. The van der Waals surface area contributed by atoms with Crippen molar-refractivity contribution < 1.29 is 19.4 Å². The summed E-state index contributed by atoms with van der Waals surface area (Å²) in [5, 5.41) is 11.4. The Bertz CT molecular complexity index is 1260. The number of hydrogen-bond acceptors (Lipinski definition) is 3. The number of carboxylic acid groups (broad SMARTS) is 1. The van der Waals surface area contributed by atoms with Crippen molar-refractivity contribution in [2.24, 2.45) is 17.8 Å². The van der Waals surface area contributed by atoms with Crippen LogP contribution in [0.15, 0.2) is 66.3 Å². The van der Waals surface area contributed by atoms with Crippen LogP contribution in [0.3, 0.4) is 0 Å². The van der Waals surface area contributed by atoms with Crippen molar-refractivity contribution >= 4 is 23.5 Å². The number of ether oxygens (including phenoxy) is 1. The number of amides is 1. The molecule has 2 N–H and O–H groups in total. The molecule has 4 rings (SSSR count). The first-order chi connectivity index (χ1) is 18.7. The van der Waals surface area contributed by atoms with Crippen LogP contribution in [-0.4, -0.2) is 23.5 Å². The van der Waals surface area contributed by atoms with Gasteiger partial charge in [-0.1, -0.05) is 75.8 Å². The normalized spacial score (nSPS) is 17.1. The van der Waals surface area contributed by atoms with E-state index in [-0.39, 0.29) is 25.0 Å². The average molecular weight is 528 g/mol. The maximum Gasteiger partial charge on any atom is 0.305 e. The average Bonchev–Trinajstić information content (AvgIpc) is 3.72. The number of hydrogen-bond donors (Lipinski definition) is 2. The lowest BCUT2D eigenvalue weighted by Gasteiger charge is -2.23. The second-order valence-electron chi connectivity index (χ2n) is 11.5. The second-order valence-corrected chi connectivity index (χ2v) is 11.5. The highest BCUT2D eigenvalue weighted by atomic mass is 16.5. The lowest BCUT2D eigenvalue weighted by molar-refractivity contribution is -0.136. The zero-order chi connectivity index (χ0) is 27.9. The SMILES string of the molecule is CC(C)CC(Oc1ccc(C2=CCC(C(C)C)C=C2)c(C=C2CC2)c1)c1ccc(C(=O)NCCC(=O)O)cc1. The van der Waals surface area contributed by atoms with E-state index in [4.69, 9.17) is 9.84 Å². The van der Waals surface area contributed by atoms with Gasteiger partial charge in [-0.2, -0.15) is 0 Å². The maximum absolute atomic E-state index is 12.4. The third-order valence-electron chi connectivity index (χ3n) is 7.35. The minimum absolute atomic E-state index is 0.0996. The fourth-order valence-electron chi connectivity index (χ4n) is 4.84. The fraction of sp³-hybridized carbons (Fsp3) is 0.412. The molecule has 0 radical (unpaired) electrons. The largest absolute Gasteiger partial charge is 0.486 e. The molecule has 206 valence electrons. The maximum atomic E-state index is 12.4. The molecule has 5 heteroatoms. The van der Waals surface area contributed by atoms with Crippen LogP contribution in [0.2, 0.25) is 0 Å². The summed E-state index contributed by atoms with van der Waals surface area (Å²) < 4.78 is 6.60. The summed E-state index contributed by atoms with van der Waals surface area (Å²) in [6.45, 7) is 9.02. The molecule has 1 saturated carbocycles. The van der Waals surface area contributed by atoms with Crippen LogP contribution in [0.1, 0.15) is 93.0 Å². The quantitative estimate of drug-likeness (QED) is 0.295. The summed E-state index contributed by atoms with van der Waals surface area (Å²) in [7, 11) is 0. The highest BCUT2D eigenvalue weighted by Gasteiger charge is 2.20. The monoisotopic (exact) mass is 527 g/mol. The molecule has 2 atom stereocenters. The molecular weight excluding hydrogens is 486 g/mol. The van der Waals surface area contributed by atoms with E-state index in [2.05, 4.69) is 75.5 Å². The van der Waals surface area contributed by atoms with Gasteiger partial charge >= 0.3 is 5.97 Å². The van der Waals surface area contributed by atoms with Crippen molar-refractivity contribution in [1.82, 2.24) is 5.32 Å². The third-order valence-corrected chi connectivity index (χ3v) is 7.35. The summed E-state index contributed by atoms with van der Waals surface area (Å²) in [5.74, 6) is 1.29. The van der Waals surface area contributed by atoms with Crippen LogP contribution in [0.25, 0.3) is 11.6 Å². The summed E-state index contributed by atoms with van der Waals surface area (Å²) in [5.41, 5.74) is 6.72. The molecular formula is C34H41NO4. The van der Waals surface area contributed by atoms with Gasteiger partial charge in [-0.25, -0.2) is 0 Å². The van der Waals surface area contributed by atoms with Crippen molar-refractivity contribution in [3.05, 3.63) is 88.5 Å². The molecule has 0 saturated heterocycles. The standard InChI is InChI=1S/C34H41NO4/c1-22(2)19-32(27-11-13-28(14-12-27)34(38)35-18-17-33(36)37)39-30-15-16-31(29(21-30)20-24-5-6-24)26-9-7-25(8-10-26)23(3)4/h7,9-16,20-23,25,32H,5-6,8,17-19H2,1-4H3,(H,35,38)(H,36,37). The summed E-state index contributed by atoms with van der Waals surface area (Å²) >= 11 is 0. The van der Waals surface area contributed by atoms with Crippen LogP contribution >= 0.6 is 0 Å². The molecule has 0 aromatic heterocycles. The molecule has 0 heterocycles. The van der Waals surface area contributed by atoms with Crippen LogP contribution in [0.5, 0.6) is 5.75 Å². The Labute approximate surface area is 232 Å². The van der Waals surface area contributed by atoms with Crippen molar-refractivity contribution in [2.75, 3.05) is 6.54 Å². The van der Waals surface area contributed by atoms with E-state index < -0.39 is 5.97 Å². The smallest absolute Gasteiger partial charge is 0.305 e. The van der Waals surface area contributed by atoms with E-state index in [1.54, 1.807) is 12.1 Å². The first-order valence-corrected chi connectivity index (χ1v) is 14.2. The summed E-state index contributed by atoms with van der Waals surface area (Å²) in [4.78, 5) is 23.1. The Morgan fingerprint density at radius 1 is 1.08 bits per heavy atom. The topological polar surface area (TPSA) is 75.6 Å². The molecule has 0 bridgehead atoms. The number of carbonyl (C=O) groups excluding carboxylic acids is 1. The highest BCUT2D eigenvalue weighted by molar-refractivity contribution is 5.94. The molecule has 2 aliphatic carbocycles. The molecule has 1 fully saturated rings. The van der Waals surface area contributed by atoms with Crippen molar-refractivity contribution in [1.29, 1.82) is 0 Å². The molecule has 2 aromatic rings. The summed E-state index contributed by atoms with van der Waals surface area (Å²) in [6.07, 6.45) is 13.3. The van der Waals surface area contributed by atoms with Gasteiger partial charge in [-0.3, -0.25) is 9.59 Å². The third kappa shape index (κ3) is 8.19. The van der Waals surface area contributed by atoms with Gasteiger partial charge in [0, 0.05) is 12.1 Å². The molecule has 39 heavy (non-hydrogen) atoms.